The molecule has 3 aliphatic rings. The van der Waals surface area contributed by atoms with E-state index in [0.29, 0.717) is 0 Å². The smallest absolute Gasteiger partial charge is 0.195 e. The van der Waals surface area contributed by atoms with Crippen LogP contribution in [0.25, 0.3) is 10.4 Å². The Labute approximate surface area is 123 Å². The Morgan fingerprint density at radius 1 is 1.00 bits per heavy atom. The Morgan fingerprint density at radius 2 is 1.90 bits per heavy atom. The molecule has 0 bridgehead atoms. The molecule has 0 amide bonds. The zero-order chi connectivity index (χ0) is 13.4. The molecular formula is C16H8O2S2. The number of benzene rings is 1. The molecule has 4 heteroatoms. The molecule has 20 heavy (non-hydrogen) atoms. The minimum atomic E-state index is -0.0320. The molecule has 2 nitrogen and oxygen atoms in total. The maximum absolute atomic E-state index is 12.5. The van der Waals surface area contributed by atoms with Gasteiger partial charge in [0.15, 0.2) is 11.6 Å². The van der Waals surface area contributed by atoms with Crippen LogP contribution >= 0.6 is 23.1 Å². The molecule has 0 spiro atoms. The molecule has 0 saturated carbocycles. The lowest BCUT2D eigenvalue weighted by molar-refractivity contribution is 0.0959. The van der Waals surface area contributed by atoms with E-state index in [0.717, 1.165) is 32.7 Å². The number of carbonyl (C=O) groups excluding carboxylic acids is 2. The molecule has 2 aliphatic carbocycles. The fourth-order valence-electron chi connectivity index (χ4n) is 3.35. The van der Waals surface area contributed by atoms with E-state index >= 15 is 0 Å². The fraction of sp³-hybridized carbons (Fsp3) is 0.125. The number of Topliss-reactive ketones (excluding diaryl/α,β-unsaturated/α-hetero) is 1. The van der Waals surface area contributed by atoms with Crippen molar-refractivity contribution in [3.63, 3.8) is 0 Å². The minimum Gasteiger partial charge on any atom is -0.293 e. The van der Waals surface area contributed by atoms with Crippen molar-refractivity contribution in [1.29, 1.82) is 0 Å². The van der Waals surface area contributed by atoms with Gasteiger partial charge in [-0.25, -0.2) is 0 Å². The van der Waals surface area contributed by atoms with Gasteiger partial charge < -0.3 is 0 Å². The van der Waals surface area contributed by atoms with Gasteiger partial charge in [0, 0.05) is 32.4 Å². The second-order valence-electron chi connectivity index (χ2n) is 5.25. The zero-order valence-corrected chi connectivity index (χ0v) is 11.9. The molecule has 96 valence electrons. The highest BCUT2D eigenvalue weighted by molar-refractivity contribution is 8.02. The SMILES string of the molecule is O=C1c2cc3c(cc2-c2sccc21)C(=O)C1C=CSC31. The normalized spacial score (nSPS) is 24.8. The third kappa shape index (κ3) is 1.13. The van der Waals surface area contributed by atoms with Crippen LogP contribution in [0.2, 0.25) is 0 Å². The van der Waals surface area contributed by atoms with Crippen LogP contribution in [0.3, 0.4) is 0 Å². The summed E-state index contributed by atoms with van der Waals surface area (Å²) in [6.07, 6.45) is 1.99. The van der Waals surface area contributed by atoms with Crippen LogP contribution in [0.5, 0.6) is 0 Å². The summed E-state index contributed by atoms with van der Waals surface area (Å²) in [6.45, 7) is 0. The molecule has 1 aromatic heterocycles. The molecular weight excluding hydrogens is 288 g/mol. The molecule has 0 radical (unpaired) electrons. The molecule has 2 atom stereocenters. The molecule has 2 unspecified atom stereocenters. The monoisotopic (exact) mass is 296 g/mol. The quantitative estimate of drug-likeness (QED) is 0.627. The topological polar surface area (TPSA) is 34.1 Å². The van der Waals surface area contributed by atoms with E-state index in [1.807, 2.05) is 35.1 Å². The summed E-state index contributed by atoms with van der Waals surface area (Å²) in [5.41, 5.74) is 4.35. The van der Waals surface area contributed by atoms with Crippen molar-refractivity contribution in [2.24, 2.45) is 5.92 Å². The summed E-state index contributed by atoms with van der Waals surface area (Å²) in [5.74, 6) is 0.271. The van der Waals surface area contributed by atoms with Gasteiger partial charge in [0.2, 0.25) is 0 Å². The van der Waals surface area contributed by atoms with Crippen molar-refractivity contribution in [1.82, 2.24) is 0 Å². The number of thiophene rings is 1. The summed E-state index contributed by atoms with van der Waals surface area (Å²) in [6, 6.07) is 5.78. The average molecular weight is 296 g/mol. The first kappa shape index (κ1) is 11.1. The molecule has 0 N–H and O–H groups in total. The van der Waals surface area contributed by atoms with Crippen LogP contribution in [0.15, 0.2) is 35.1 Å². The third-order valence-electron chi connectivity index (χ3n) is 4.30. The van der Waals surface area contributed by atoms with E-state index in [2.05, 4.69) is 0 Å². The highest BCUT2D eigenvalue weighted by Gasteiger charge is 2.42. The summed E-state index contributed by atoms with van der Waals surface area (Å²) in [7, 11) is 0. The van der Waals surface area contributed by atoms with E-state index in [1.54, 1.807) is 23.1 Å². The van der Waals surface area contributed by atoms with E-state index in [-0.39, 0.29) is 22.7 Å². The highest BCUT2D eigenvalue weighted by atomic mass is 32.2. The highest BCUT2D eigenvalue weighted by Crippen LogP contribution is 2.53. The van der Waals surface area contributed by atoms with Gasteiger partial charge in [0.1, 0.15) is 0 Å². The second kappa shape index (κ2) is 3.51. The van der Waals surface area contributed by atoms with Crippen molar-refractivity contribution in [2.45, 2.75) is 5.25 Å². The Balaban J connectivity index is 1.80. The van der Waals surface area contributed by atoms with Crippen LogP contribution < -0.4 is 0 Å². The summed E-state index contributed by atoms with van der Waals surface area (Å²) in [4.78, 5) is 25.9. The standard InChI is InChI=1S/C16H8O2S2/c17-13-7-1-3-19-15(7)11-6-10-12(5-9(11)13)16-8(14(10)18)2-4-20-16/h1-7,15H. The third-order valence-corrected chi connectivity index (χ3v) is 6.40. The number of carbonyl (C=O) groups is 2. The summed E-state index contributed by atoms with van der Waals surface area (Å²) in [5, 5.41) is 4.12. The molecule has 2 aromatic rings. The molecule has 1 aromatic carbocycles. The van der Waals surface area contributed by atoms with Crippen molar-refractivity contribution in [3.8, 4) is 10.4 Å². The predicted molar refractivity (Wildman–Crippen MR) is 80.5 cm³/mol. The van der Waals surface area contributed by atoms with Crippen LogP contribution in [-0.2, 0) is 0 Å². The Hall–Kier alpha value is -1.65. The van der Waals surface area contributed by atoms with E-state index in [9.17, 15) is 9.59 Å². The van der Waals surface area contributed by atoms with Gasteiger partial charge in [-0.3, -0.25) is 9.59 Å². The average Bonchev–Trinajstić information content (AvgIpc) is 3.17. The van der Waals surface area contributed by atoms with Gasteiger partial charge in [-0.05, 0) is 34.6 Å². The van der Waals surface area contributed by atoms with Crippen LogP contribution in [-0.4, -0.2) is 11.6 Å². The fourth-order valence-corrected chi connectivity index (χ4v) is 5.43. The van der Waals surface area contributed by atoms with Crippen molar-refractivity contribution in [2.75, 3.05) is 0 Å². The van der Waals surface area contributed by atoms with Gasteiger partial charge in [-0.2, -0.15) is 0 Å². The Morgan fingerprint density at radius 3 is 2.80 bits per heavy atom. The Kier molecular flexibility index (Phi) is 1.94. The van der Waals surface area contributed by atoms with E-state index in [1.165, 1.54) is 0 Å². The van der Waals surface area contributed by atoms with Crippen molar-refractivity contribution in [3.05, 3.63) is 57.3 Å². The minimum absolute atomic E-state index is 0.0320. The van der Waals surface area contributed by atoms with Gasteiger partial charge >= 0.3 is 0 Å². The first-order chi connectivity index (χ1) is 9.75. The van der Waals surface area contributed by atoms with Gasteiger partial charge in [-0.1, -0.05) is 6.08 Å². The second-order valence-corrected chi connectivity index (χ2v) is 7.22. The first-order valence-electron chi connectivity index (χ1n) is 6.42. The number of allylic oxidation sites excluding steroid dienone is 1. The molecule has 1 aliphatic heterocycles. The van der Waals surface area contributed by atoms with E-state index in [4.69, 9.17) is 0 Å². The number of hydrogen-bond acceptors (Lipinski definition) is 4. The number of hydrogen-bond donors (Lipinski definition) is 0. The first-order valence-corrected chi connectivity index (χ1v) is 8.25. The lowest BCUT2D eigenvalue weighted by Crippen LogP contribution is -2.05. The molecule has 0 saturated heterocycles. The number of fused-ring (bicyclic) bond motifs is 6. The molecule has 2 heterocycles. The molecule has 0 fully saturated rings. The number of thioether (sulfide) groups is 1. The lowest BCUT2D eigenvalue weighted by Gasteiger charge is -2.08. The summed E-state index contributed by atoms with van der Waals surface area (Å²) < 4.78 is 0. The van der Waals surface area contributed by atoms with Gasteiger partial charge in [-0.15, -0.1) is 23.1 Å². The number of ketones is 2. The van der Waals surface area contributed by atoms with Gasteiger partial charge in [0.05, 0.1) is 5.92 Å². The van der Waals surface area contributed by atoms with Crippen LogP contribution in [0.4, 0.5) is 0 Å². The maximum atomic E-state index is 12.5. The van der Waals surface area contributed by atoms with Crippen LogP contribution in [0, 0.1) is 5.92 Å². The number of rotatable bonds is 0. The zero-order valence-electron chi connectivity index (χ0n) is 10.3. The molecule has 5 rings (SSSR count). The van der Waals surface area contributed by atoms with Crippen LogP contribution in [0.1, 0.15) is 37.1 Å². The van der Waals surface area contributed by atoms with Crippen molar-refractivity contribution < 1.29 is 9.59 Å². The summed E-state index contributed by atoms with van der Waals surface area (Å²) >= 11 is 3.26. The lowest BCUT2D eigenvalue weighted by atomic mass is 10.0. The van der Waals surface area contributed by atoms with Gasteiger partial charge in [0.25, 0.3) is 0 Å². The van der Waals surface area contributed by atoms with E-state index < -0.39 is 0 Å². The predicted octanol–water partition coefficient (Wildman–Crippen LogP) is 4.07. The van der Waals surface area contributed by atoms with Crippen molar-refractivity contribution >= 4 is 34.7 Å². The Bertz CT molecular complexity index is 844. The largest absolute Gasteiger partial charge is 0.293 e. The maximum Gasteiger partial charge on any atom is 0.195 e.